The predicted molar refractivity (Wildman–Crippen MR) is 145 cm³/mol. The van der Waals surface area contributed by atoms with Gasteiger partial charge in [0.25, 0.3) is 0 Å². The minimum Gasteiger partial charge on any atom is -0.497 e. The number of H-pyrrole nitrogens is 2. The number of fused-ring (bicyclic) bond motifs is 2. The number of likely N-dealkylation sites (tertiary alicyclic amines) is 2. The van der Waals surface area contributed by atoms with Crippen LogP contribution in [0.15, 0.2) is 54.9 Å². The maximum Gasteiger partial charge on any atom is 0.237 e. The first kappa shape index (κ1) is 23.8. The Bertz CT molecular complexity index is 1430. The SMILES string of the molecule is COc1ccc2[nH]cc(C3CC(=O)N(CCCCN4CCC(c5c[nH]c6ccccc56)CC4)C3=O)c2c1. The van der Waals surface area contributed by atoms with Gasteiger partial charge in [-0.25, -0.2) is 0 Å². The summed E-state index contributed by atoms with van der Waals surface area (Å²) in [5.74, 6) is 0.790. The van der Waals surface area contributed by atoms with E-state index in [1.807, 2.05) is 24.4 Å². The zero-order valence-corrected chi connectivity index (χ0v) is 21.3. The number of nitrogens with zero attached hydrogens (tertiary/aromatic N) is 2. The maximum absolute atomic E-state index is 13.2. The minimum absolute atomic E-state index is 0.0632. The number of hydrogen-bond donors (Lipinski definition) is 2. The molecule has 2 amide bonds. The number of unbranched alkanes of at least 4 members (excludes halogenated alkanes) is 1. The predicted octanol–water partition coefficient (Wildman–Crippen LogP) is 5.16. The van der Waals surface area contributed by atoms with Crippen molar-refractivity contribution in [2.75, 3.05) is 33.3 Å². The molecule has 192 valence electrons. The molecule has 0 bridgehead atoms. The van der Waals surface area contributed by atoms with E-state index in [1.54, 1.807) is 7.11 Å². The number of benzene rings is 2. The average Bonchev–Trinajstić information content (AvgIpc) is 3.62. The van der Waals surface area contributed by atoms with Gasteiger partial charge in [-0.3, -0.25) is 14.5 Å². The molecule has 2 aliphatic rings. The van der Waals surface area contributed by atoms with Gasteiger partial charge in [0.15, 0.2) is 0 Å². The van der Waals surface area contributed by atoms with Gasteiger partial charge in [-0.2, -0.15) is 0 Å². The third-order valence-corrected chi connectivity index (χ3v) is 8.29. The fourth-order valence-electron chi connectivity index (χ4n) is 6.20. The molecule has 4 heterocycles. The van der Waals surface area contributed by atoms with Crippen LogP contribution in [0.5, 0.6) is 5.75 Å². The molecule has 6 rings (SSSR count). The van der Waals surface area contributed by atoms with Crippen molar-refractivity contribution in [1.29, 1.82) is 0 Å². The Hall–Kier alpha value is -3.58. The summed E-state index contributed by atoms with van der Waals surface area (Å²) in [5.41, 5.74) is 4.50. The van der Waals surface area contributed by atoms with E-state index >= 15 is 0 Å². The number of aromatic nitrogens is 2. The summed E-state index contributed by atoms with van der Waals surface area (Å²) in [5, 5.41) is 2.30. The molecule has 2 saturated heterocycles. The van der Waals surface area contributed by atoms with Crippen LogP contribution < -0.4 is 4.74 Å². The van der Waals surface area contributed by atoms with E-state index in [-0.39, 0.29) is 18.2 Å². The Morgan fingerprint density at radius 1 is 0.892 bits per heavy atom. The Kier molecular flexibility index (Phi) is 6.47. The number of aromatic amines is 2. The van der Waals surface area contributed by atoms with E-state index < -0.39 is 5.92 Å². The molecule has 7 heteroatoms. The second-order valence-corrected chi connectivity index (χ2v) is 10.4. The summed E-state index contributed by atoms with van der Waals surface area (Å²) in [6.07, 6.45) is 8.46. The molecule has 2 aromatic carbocycles. The Labute approximate surface area is 216 Å². The topological polar surface area (TPSA) is 81.4 Å². The molecule has 2 aromatic heterocycles. The lowest BCUT2D eigenvalue weighted by Gasteiger charge is -2.32. The first-order valence-electron chi connectivity index (χ1n) is 13.4. The van der Waals surface area contributed by atoms with Crippen molar-refractivity contribution in [2.24, 2.45) is 0 Å². The number of carbonyl (C=O) groups is 2. The van der Waals surface area contributed by atoms with Crippen LogP contribution in [0.25, 0.3) is 21.8 Å². The number of nitrogens with one attached hydrogen (secondary N) is 2. The number of imide groups is 1. The zero-order chi connectivity index (χ0) is 25.4. The van der Waals surface area contributed by atoms with Gasteiger partial charge < -0.3 is 19.6 Å². The van der Waals surface area contributed by atoms with E-state index in [9.17, 15) is 9.59 Å². The fraction of sp³-hybridized carbons (Fsp3) is 0.400. The van der Waals surface area contributed by atoms with Gasteiger partial charge in [-0.05, 0) is 86.6 Å². The molecule has 0 saturated carbocycles. The molecular formula is C30H34N4O3. The van der Waals surface area contributed by atoms with Gasteiger partial charge in [0.1, 0.15) is 5.75 Å². The summed E-state index contributed by atoms with van der Waals surface area (Å²) >= 11 is 0. The molecule has 0 aliphatic carbocycles. The number of carbonyl (C=O) groups excluding carboxylic acids is 2. The lowest BCUT2D eigenvalue weighted by molar-refractivity contribution is -0.138. The second-order valence-electron chi connectivity index (χ2n) is 10.4. The highest BCUT2D eigenvalue weighted by Gasteiger charge is 2.40. The second kappa shape index (κ2) is 10.1. The molecule has 2 aliphatic heterocycles. The van der Waals surface area contributed by atoms with Crippen molar-refractivity contribution in [3.63, 3.8) is 0 Å². The van der Waals surface area contributed by atoms with E-state index in [2.05, 4.69) is 45.3 Å². The van der Waals surface area contributed by atoms with Crippen LogP contribution in [0.4, 0.5) is 0 Å². The largest absolute Gasteiger partial charge is 0.497 e. The van der Waals surface area contributed by atoms with E-state index in [0.717, 1.165) is 54.7 Å². The van der Waals surface area contributed by atoms with Crippen LogP contribution in [0.1, 0.15) is 55.1 Å². The number of piperidine rings is 1. The first-order chi connectivity index (χ1) is 18.1. The normalized spacial score (nSPS) is 19.5. The fourth-order valence-corrected chi connectivity index (χ4v) is 6.20. The van der Waals surface area contributed by atoms with Crippen LogP contribution in [-0.2, 0) is 9.59 Å². The first-order valence-corrected chi connectivity index (χ1v) is 13.4. The van der Waals surface area contributed by atoms with Crippen molar-refractivity contribution >= 4 is 33.6 Å². The van der Waals surface area contributed by atoms with Crippen LogP contribution in [-0.4, -0.2) is 64.9 Å². The number of amides is 2. The molecule has 4 aromatic rings. The van der Waals surface area contributed by atoms with Gasteiger partial charge >= 0.3 is 0 Å². The molecule has 2 N–H and O–H groups in total. The quantitative estimate of drug-likeness (QED) is 0.260. The highest BCUT2D eigenvalue weighted by molar-refractivity contribution is 6.08. The third kappa shape index (κ3) is 4.53. The van der Waals surface area contributed by atoms with Crippen LogP contribution in [0.3, 0.4) is 0 Å². The highest BCUT2D eigenvalue weighted by atomic mass is 16.5. The van der Waals surface area contributed by atoms with Crippen molar-refractivity contribution < 1.29 is 14.3 Å². The van der Waals surface area contributed by atoms with E-state index in [0.29, 0.717) is 12.5 Å². The molecule has 7 nitrogen and oxygen atoms in total. The van der Waals surface area contributed by atoms with Gasteiger partial charge in [-0.1, -0.05) is 18.2 Å². The van der Waals surface area contributed by atoms with Gasteiger partial charge in [-0.15, -0.1) is 0 Å². The Morgan fingerprint density at radius 3 is 2.43 bits per heavy atom. The maximum atomic E-state index is 13.2. The van der Waals surface area contributed by atoms with Crippen molar-refractivity contribution in [1.82, 2.24) is 19.8 Å². The summed E-state index contributed by atoms with van der Waals surface area (Å²) in [6.45, 7) is 3.71. The van der Waals surface area contributed by atoms with Crippen molar-refractivity contribution in [2.45, 2.75) is 43.9 Å². The average molecular weight is 499 g/mol. The summed E-state index contributed by atoms with van der Waals surface area (Å²) in [6, 6.07) is 14.3. The van der Waals surface area contributed by atoms with Crippen molar-refractivity contribution in [3.8, 4) is 5.75 Å². The third-order valence-electron chi connectivity index (χ3n) is 8.29. The number of methoxy groups -OCH3 is 1. The van der Waals surface area contributed by atoms with Gasteiger partial charge in [0.2, 0.25) is 11.8 Å². The number of hydrogen-bond acceptors (Lipinski definition) is 4. The van der Waals surface area contributed by atoms with Gasteiger partial charge in [0.05, 0.1) is 13.0 Å². The molecule has 0 radical (unpaired) electrons. The molecule has 37 heavy (non-hydrogen) atoms. The Morgan fingerprint density at radius 2 is 1.62 bits per heavy atom. The zero-order valence-electron chi connectivity index (χ0n) is 21.3. The summed E-state index contributed by atoms with van der Waals surface area (Å²) in [7, 11) is 1.63. The molecule has 1 unspecified atom stereocenters. The number of rotatable bonds is 8. The lowest BCUT2D eigenvalue weighted by atomic mass is 9.89. The smallest absolute Gasteiger partial charge is 0.237 e. The number of ether oxygens (including phenoxy) is 1. The molecule has 0 spiro atoms. The number of para-hydroxylation sites is 1. The lowest BCUT2D eigenvalue weighted by Crippen LogP contribution is -2.35. The van der Waals surface area contributed by atoms with Crippen LogP contribution in [0.2, 0.25) is 0 Å². The van der Waals surface area contributed by atoms with E-state index in [1.165, 1.54) is 34.2 Å². The summed E-state index contributed by atoms with van der Waals surface area (Å²) in [4.78, 5) is 36.6. The molecular weight excluding hydrogens is 464 g/mol. The Balaban J connectivity index is 0.994. The standard InChI is InChI=1S/C30H34N4O3/c1-37-21-8-9-28-23(16-21)26(19-32-28)24-17-29(35)34(30(24)36)13-5-4-12-33-14-10-20(11-15-33)25-18-31-27-7-3-2-6-22(25)27/h2-3,6-9,16,18-20,24,31-32H,4-5,10-15,17H2,1H3. The van der Waals surface area contributed by atoms with Gasteiger partial charge in [0, 0.05) is 47.2 Å². The minimum atomic E-state index is -0.420. The van der Waals surface area contributed by atoms with E-state index in [4.69, 9.17) is 4.74 Å². The van der Waals surface area contributed by atoms with Crippen LogP contribution in [0, 0.1) is 0 Å². The van der Waals surface area contributed by atoms with Crippen LogP contribution >= 0.6 is 0 Å². The summed E-state index contributed by atoms with van der Waals surface area (Å²) < 4.78 is 5.35. The molecule has 2 fully saturated rings. The van der Waals surface area contributed by atoms with Crippen molar-refractivity contribution in [3.05, 3.63) is 66.0 Å². The monoisotopic (exact) mass is 498 g/mol. The molecule has 1 atom stereocenters. The highest BCUT2D eigenvalue weighted by Crippen LogP contribution is 2.36.